The van der Waals surface area contributed by atoms with Gasteiger partial charge >= 0.3 is 0 Å². The minimum Gasteiger partial charge on any atom is -0.496 e. The second-order valence-corrected chi connectivity index (χ2v) is 5.83. The summed E-state index contributed by atoms with van der Waals surface area (Å²) in [6, 6.07) is 6.49. The smallest absolute Gasteiger partial charge is 0.123 e. The Morgan fingerprint density at radius 1 is 1.40 bits per heavy atom. The van der Waals surface area contributed by atoms with Gasteiger partial charge in [-0.15, -0.1) is 0 Å². The van der Waals surface area contributed by atoms with Crippen LogP contribution >= 0.6 is 0 Å². The lowest BCUT2D eigenvalue weighted by Crippen LogP contribution is -2.49. The molecule has 1 saturated heterocycles. The molecular weight excluding hydrogens is 252 g/mol. The van der Waals surface area contributed by atoms with Gasteiger partial charge in [0.1, 0.15) is 5.75 Å². The monoisotopic (exact) mass is 278 g/mol. The molecule has 0 saturated carbocycles. The van der Waals surface area contributed by atoms with Crippen LogP contribution in [0.3, 0.4) is 0 Å². The number of methoxy groups -OCH3 is 1. The predicted octanol–water partition coefficient (Wildman–Crippen LogP) is 1.88. The van der Waals surface area contributed by atoms with Gasteiger partial charge in [0.05, 0.1) is 13.2 Å². The molecule has 1 N–H and O–H groups in total. The van der Waals surface area contributed by atoms with E-state index in [2.05, 4.69) is 29.8 Å². The Morgan fingerprint density at radius 3 is 2.75 bits per heavy atom. The van der Waals surface area contributed by atoms with Crippen molar-refractivity contribution in [2.45, 2.75) is 32.5 Å². The van der Waals surface area contributed by atoms with Crippen LogP contribution in [0.5, 0.6) is 5.75 Å². The first-order valence-electron chi connectivity index (χ1n) is 7.28. The third-order valence-electron chi connectivity index (χ3n) is 4.13. The third-order valence-corrected chi connectivity index (χ3v) is 4.13. The summed E-state index contributed by atoms with van der Waals surface area (Å²) in [5.74, 6) is 0.903. The van der Waals surface area contributed by atoms with E-state index in [1.807, 2.05) is 12.1 Å². The van der Waals surface area contributed by atoms with Crippen molar-refractivity contribution in [3.8, 4) is 5.75 Å². The lowest BCUT2D eigenvalue weighted by atomic mass is 10.0. The Hall–Kier alpha value is -1.10. The van der Waals surface area contributed by atoms with Crippen molar-refractivity contribution in [3.05, 3.63) is 29.3 Å². The predicted molar refractivity (Wildman–Crippen MR) is 81.0 cm³/mol. The Kier molecular flexibility index (Phi) is 5.02. The normalized spacial score (nSPS) is 22.8. The van der Waals surface area contributed by atoms with Gasteiger partial charge in [0, 0.05) is 37.8 Å². The number of piperazine rings is 1. The fourth-order valence-corrected chi connectivity index (χ4v) is 2.81. The van der Waals surface area contributed by atoms with Gasteiger partial charge in [0.15, 0.2) is 0 Å². The van der Waals surface area contributed by atoms with Crippen molar-refractivity contribution in [2.24, 2.45) is 0 Å². The minimum atomic E-state index is -0.440. The number of hydrogen-bond acceptors (Lipinski definition) is 4. The van der Waals surface area contributed by atoms with E-state index in [4.69, 9.17) is 4.74 Å². The molecule has 4 nitrogen and oxygen atoms in total. The molecule has 0 aromatic heterocycles. The highest BCUT2D eigenvalue weighted by Crippen LogP contribution is 2.25. The first-order valence-corrected chi connectivity index (χ1v) is 7.28. The van der Waals surface area contributed by atoms with E-state index in [0.29, 0.717) is 6.04 Å². The van der Waals surface area contributed by atoms with E-state index < -0.39 is 6.10 Å². The molecule has 1 fully saturated rings. The van der Waals surface area contributed by atoms with Crippen LogP contribution in [0.15, 0.2) is 18.2 Å². The number of aliphatic hydroxyl groups is 1. The van der Waals surface area contributed by atoms with Crippen LogP contribution < -0.4 is 4.74 Å². The molecule has 2 atom stereocenters. The van der Waals surface area contributed by atoms with Crippen molar-refractivity contribution < 1.29 is 9.84 Å². The highest BCUT2D eigenvalue weighted by atomic mass is 16.5. The first kappa shape index (κ1) is 15.3. The maximum atomic E-state index is 9.74. The van der Waals surface area contributed by atoms with Crippen LogP contribution in [0.1, 0.15) is 31.1 Å². The molecular formula is C16H26N2O2. The summed E-state index contributed by atoms with van der Waals surface area (Å²) < 4.78 is 5.46. The van der Waals surface area contributed by atoms with Gasteiger partial charge in [0.25, 0.3) is 0 Å². The van der Waals surface area contributed by atoms with Crippen molar-refractivity contribution >= 4 is 0 Å². The quantitative estimate of drug-likeness (QED) is 0.912. The minimum absolute atomic E-state index is 0.440. The summed E-state index contributed by atoms with van der Waals surface area (Å²) in [6.45, 7) is 8.20. The van der Waals surface area contributed by atoms with Crippen molar-refractivity contribution in [1.82, 2.24) is 9.80 Å². The maximum absolute atomic E-state index is 9.74. The van der Waals surface area contributed by atoms with E-state index in [0.717, 1.165) is 43.1 Å². The van der Waals surface area contributed by atoms with Crippen molar-refractivity contribution in [2.75, 3.05) is 33.8 Å². The number of rotatable bonds is 4. The van der Waals surface area contributed by atoms with E-state index in [-0.39, 0.29) is 0 Å². The number of likely N-dealkylation sites (N-methyl/N-ethyl adjacent to an activating group) is 1. The highest BCUT2D eigenvalue weighted by Gasteiger charge is 2.22. The SMILES string of the molecule is COc1ccc(C(C)O)cc1CN1CCN(C)CC1C. The molecule has 1 heterocycles. The van der Waals surface area contributed by atoms with Gasteiger partial charge in [-0.3, -0.25) is 4.90 Å². The van der Waals surface area contributed by atoms with Crippen LogP contribution in [0.4, 0.5) is 0 Å². The molecule has 2 unspecified atom stereocenters. The second-order valence-electron chi connectivity index (χ2n) is 5.83. The van der Waals surface area contributed by atoms with E-state index in [9.17, 15) is 5.11 Å². The van der Waals surface area contributed by atoms with E-state index >= 15 is 0 Å². The number of benzene rings is 1. The van der Waals surface area contributed by atoms with E-state index in [1.54, 1.807) is 14.0 Å². The molecule has 112 valence electrons. The fraction of sp³-hybridized carbons (Fsp3) is 0.625. The van der Waals surface area contributed by atoms with Crippen LogP contribution in [-0.4, -0.2) is 54.7 Å². The van der Waals surface area contributed by atoms with Crippen LogP contribution in [0.25, 0.3) is 0 Å². The lowest BCUT2D eigenvalue weighted by Gasteiger charge is -2.38. The molecule has 1 aliphatic rings. The Balaban J connectivity index is 2.16. The Bertz CT molecular complexity index is 448. The molecule has 2 rings (SSSR count). The van der Waals surface area contributed by atoms with Gasteiger partial charge in [-0.05, 0) is 38.6 Å². The topological polar surface area (TPSA) is 35.9 Å². The molecule has 1 aliphatic heterocycles. The summed E-state index contributed by atoms with van der Waals surface area (Å²) >= 11 is 0. The maximum Gasteiger partial charge on any atom is 0.123 e. The van der Waals surface area contributed by atoms with Crippen LogP contribution in [0, 0.1) is 0 Å². The summed E-state index contributed by atoms with van der Waals surface area (Å²) in [7, 11) is 3.87. The number of nitrogens with zero attached hydrogens (tertiary/aromatic N) is 2. The average molecular weight is 278 g/mol. The van der Waals surface area contributed by atoms with Gasteiger partial charge in [-0.2, -0.15) is 0 Å². The molecule has 1 aromatic carbocycles. The van der Waals surface area contributed by atoms with Gasteiger partial charge in [0.2, 0.25) is 0 Å². The summed E-state index contributed by atoms with van der Waals surface area (Å²) in [5, 5.41) is 9.74. The van der Waals surface area contributed by atoms with Crippen molar-refractivity contribution in [3.63, 3.8) is 0 Å². The molecule has 0 radical (unpaired) electrons. The molecule has 0 spiro atoms. The Morgan fingerprint density at radius 2 is 2.15 bits per heavy atom. The molecule has 4 heteroatoms. The van der Waals surface area contributed by atoms with Crippen LogP contribution in [-0.2, 0) is 6.54 Å². The average Bonchev–Trinajstić information content (AvgIpc) is 2.41. The standard InChI is InChI=1S/C16H26N2O2/c1-12-10-17(3)7-8-18(12)11-15-9-14(13(2)19)5-6-16(15)20-4/h5-6,9,12-13,19H,7-8,10-11H2,1-4H3. The van der Waals surface area contributed by atoms with Gasteiger partial charge in [-0.25, -0.2) is 0 Å². The molecule has 0 aliphatic carbocycles. The Labute approximate surface area is 122 Å². The molecule has 20 heavy (non-hydrogen) atoms. The van der Waals surface area contributed by atoms with E-state index in [1.165, 1.54) is 0 Å². The van der Waals surface area contributed by atoms with Crippen LogP contribution in [0.2, 0.25) is 0 Å². The molecule has 0 amide bonds. The third kappa shape index (κ3) is 3.51. The fourth-order valence-electron chi connectivity index (χ4n) is 2.81. The summed E-state index contributed by atoms with van der Waals surface area (Å²) in [5.41, 5.74) is 2.10. The molecule has 0 bridgehead atoms. The second kappa shape index (κ2) is 6.57. The van der Waals surface area contributed by atoms with Crippen molar-refractivity contribution in [1.29, 1.82) is 0 Å². The number of ether oxygens (including phenoxy) is 1. The zero-order valence-corrected chi connectivity index (χ0v) is 13.0. The van der Waals surface area contributed by atoms with Gasteiger partial charge < -0.3 is 14.7 Å². The number of hydrogen-bond donors (Lipinski definition) is 1. The summed E-state index contributed by atoms with van der Waals surface area (Å²) in [6.07, 6.45) is -0.440. The first-order chi connectivity index (χ1) is 9.51. The van der Waals surface area contributed by atoms with Gasteiger partial charge in [-0.1, -0.05) is 6.07 Å². The zero-order chi connectivity index (χ0) is 14.7. The molecule has 1 aromatic rings. The zero-order valence-electron chi connectivity index (χ0n) is 13.0. The summed E-state index contributed by atoms with van der Waals surface area (Å²) in [4.78, 5) is 4.84. The largest absolute Gasteiger partial charge is 0.496 e. The lowest BCUT2D eigenvalue weighted by molar-refractivity contribution is 0.0930. The number of aliphatic hydroxyl groups excluding tert-OH is 1. The highest BCUT2D eigenvalue weighted by molar-refractivity contribution is 5.38.